The smallest absolute Gasteiger partial charge is 0.248 e. The van der Waals surface area contributed by atoms with Crippen molar-refractivity contribution in [3.63, 3.8) is 0 Å². The molecule has 1 saturated heterocycles. The van der Waals surface area contributed by atoms with E-state index in [9.17, 15) is 9.59 Å². The van der Waals surface area contributed by atoms with Crippen LogP contribution in [-0.2, 0) is 14.3 Å². The lowest BCUT2D eigenvalue weighted by Gasteiger charge is -2.27. The van der Waals surface area contributed by atoms with Crippen LogP contribution < -0.4 is 4.74 Å². The van der Waals surface area contributed by atoms with Gasteiger partial charge in [-0.2, -0.15) is 0 Å². The zero-order valence-electron chi connectivity index (χ0n) is 13.7. The van der Waals surface area contributed by atoms with Crippen LogP contribution in [0.25, 0.3) is 0 Å². The van der Waals surface area contributed by atoms with Gasteiger partial charge in [0, 0.05) is 27.2 Å². The molecule has 1 fully saturated rings. The van der Waals surface area contributed by atoms with E-state index in [1.165, 1.54) is 7.11 Å². The molecular formula is C16H22N2O4S. The lowest BCUT2D eigenvalue weighted by Crippen LogP contribution is -2.39. The first-order chi connectivity index (χ1) is 11.1. The molecule has 0 spiro atoms. The number of hydrogen-bond donors (Lipinski definition) is 0. The Morgan fingerprint density at radius 2 is 2.04 bits per heavy atom. The van der Waals surface area contributed by atoms with Crippen LogP contribution in [-0.4, -0.2) is 68.3 Å². The number of carbonyl (C=O) groups is 2. The number of carbonyl (C=O) groups excluding carboxylic acids is 2. The second-order valence-electron chi connectivity index (χ2n) is 5.27. The van der Waals surface area contributed by atoms with Gasteiger partial charge in [-0.1, -0.05) is 12.1 Å². The second kappa shape index (κ2) is 8.21. The summed E-state index contributed by atoms with van der Waals surface area (Å²) in [6, 6.07) is 7.74. The molecule has 23 heavy (non-hydrogen) atoms. The number of benzene rings is 1. The fourth-order valence-corrected chi connectivity index (χ4v) is 3.58. The lowest BCUT2D eigenvalue weighted by atomic mass is 10.2. The Morgan fingerprint density at radius 3 is 2.65 bits per heavy atom. The van der Waals surface area contributed by atoms with Gasteiger partial charge in [0.25, 0.3) is 0 Å². The third-order valence-electron chi connectivity index (χ3n) is 3.74. The number of hydrogen-bond acceptors (Lipinski definition) is 5. The number of thioether (sulfide) groups is 1. The van der Waals surface area contributed by atoms with E-state index in [1.54, 1.807) is 30.8 Å². The highest BCUT2D eigenvalue weighted by Crippen LogP contribution is 2.38. The van der Waals surface area contributed by atoms with Gasteiger partial charge in [0.05, 0.1) is 12.9 Å². The predicted molar refractivity (Wildman–Crippen MR) is 89.4 cm³/mol. The van der Waals surface area contributed by atoms with E-state index in [4.69, 9.17) is 9.47 Å². The molecule has 1 aliphatic heterocycles. The Bertz CT molecular complexity index is 550. The summed E-state index contributed by atoms with van der Waals surface area (Å²) < 4.78 is 10.0. The molecule has 0 N–H and O–H groups in total. The maximum atomic E-state index is 12.1. The molecule has 2 rings (SSSR count). The fourth-order valence-electron chi connectivity index (χ4n) is 2.36. The summed E-state index contributed by atoms with van der Waals surface area (Å²) in [6.07, 6.45) is 0. The Morgan fingerprint density at radius 1 is 1.35 bits per heavy atom. The van der Waals surface area contributed by atoms with Crippen LogP contribution >= 0.6 is 11.8 Å². The van der Waals surface area contributed by atoms with Gasteiger partial charge in [0.15, 0.2) is 0 Å². The van der Waals surface area contributed by atoms with Crippen molar-refractivity contribution in [1.82, 2.24) is 9.80 Å². The average Bonchev–Trinajstić information content (AvgIpc) is 2.93. The third kappa shape index (κ3) is 4.39. The van der Waals surface area contributed by atoms with Crippen molar-refractivity contribution < 1.29 is 19.1 Å². The molecule has 7 heteroatoms. The van der Waals surface area contributed by atoms with Gasteiger partial charge in [0.1, 0.15) is 17.7 Å². The summed E-state index contributed by atoms with van der Waals surface area (Å²) in [5.41, 5.74) is 1.06. The highest BCUT2D eigenvalue weighted by Gasteiger charge is 2.32. The largest absolute Gasteiger partial charge is 0.497 e. The number of likely N-dealkylation sites (N-methyl/N-ethyl adjacent to an activating group) is 1. The van der Waals surface area contributed by atoms with Gasteiger partial charge < -0.3 is 19.3 Å². The highest BCUT2D eigenvalue weighted by molar-refractivity contribution is 8.00. The SMILES string of the molecule is COCC(=O)N(C)CCN1C(=O)CS[C@@H]1c1ccc(OC)cc1. The van der Waals surface area contributed by atoms with E-state index in [0.29, 0.717) is 18.8 Å². The summed E-state index contributed by atoms with van der Waals surface area (Å²) in [5, 5.41) is -0.0145. The summed E-state index contributed by atoms with van der Waals surface area (Å²) in [5.74, 6) is 1.27. The average molecular weight is 338 g/mol. The van der Waals surface area contributed by atoms with Gasteiger partial charge in [-0.05, 0) is 17.7 Å². The van der Waals surface area contributed by atoms with Crippen molar-refractivity contribution in [2.45, 2.75) is 5.37 Å². The molecule has 0 aliphatic carbocycles. The first kappa shape index (κ1) is 17.6. The van der Waals surface area contributed by atoms with Crippen molar-refractivity contribution in [2.24, 2.45) is 0 Å². The van der Waals surface area contributed by atoms with Crippen LogP contribution in [0.5, 0.6) is 5.75 Å². The fraction of sp³-hybridized carbons (Fsp3) is 0.500. The number of amides is 2. The quantitative estimate of drug-likeness (QED) is 0.752. The molecule has 0 bridgehead atoms. The molecule has 2 amide bonds. The Balaban J connectivity index is 2.00. The van der Waals surface area contributed by atoms with E-state index in [-0.39, 0.29) is 23.8 Å². The van der Waals surface area contributed by atoms with Crippen molar-refractivity contribution in [1.29, 1.82) is 0 Å². The van der Waals surface area contributed by atoms with Crippen molar-refractivity contribution >= 4 is 23.6 Å². The molecule has 1 aromatic rings. The highest BCUT2D eigenvalue weighted by atomic mass is 32.2. The molecule has 0 radical (unpaired) electrons. The molecule has 0 unspecified atom stereocenters. The van der Waals surface area contributed by atoms with E-state index >= 15 is 0 Å². The zero-order valence-corrected chi connectivity index (χ0v) is 14.5. The Labute approximate surface area is 140 Å². The predicted octanol–water partition coefficient (Wildman–Crippen LogP) is 1.37. The minimum Gasteiger partial charge on any atom is -0.497 e. The molecule has 0 saturated carbocycles. The molecule has 1 aliphatic rings. The summed E-state index contributed by atoms with van der Waals surface area (Å²) in [6.45, 7) is 1.05. The van der Waals surface area contributed by atoms with Crippen LogP contribution in [0.3, 0.4) is 0 Å². The minimum absolute atomic E-state index is 0.0145. The van der Waals surface area contributed by atoms with Gasteiger partial charge in [-0.15, -0.1) is 11.8 Å². The normalized spacial score (nSPS) is 17.4. The van der Waals surface area contributed by atoms with Crippen LogP contribution in [0.1, 0.15) is 10.9 Å². The van der Waals surface area contributed by atoms with Crippen LogP contribution in [0.4, 0.5) is 0 Å². The van der Waals surface area contributed by atoms with Crippen LogP contribution in [0.15, 0.2) is 24.3 Å². The topological polar surface area (TPSA) is 59.1 Å². The first-order valence-electron chi connectivity index (χ1n) is 7.34. The van der Waals surface area contributed by atoms with Crippen molar-refractivity contribution in [2.75, 3.05) is 46.7 Å². The summed E-state index contributed by atoms with van der Waals surface area (Å²) in [4.78, 5) is 27.3. The van der Waals surface area contributed by atoms with Gasteiger partial charge in [-0.3, -0.25) is 9.59 Å². The Hall–Kier alpha value is -1.73. The monoisotopic (exact) mass is 338 g/mol. The molecular weight excluding hydrogens is 316 g/mol. The zero-order chi connectivity index (χ0) is 16.8. The Kier molecular flexibility index (Phi) is 6.29. The molecule has 0 aromatic heterocycles. The number of methoxy groups -OCH3 is 2. The van der Waals surface area contributed by atoms with E-state index in [2.05, 4.69) is 0 Å². The van der Waals surface area contributed by atoms with Crippen LogP contribution in [0, 0.1) is 0 Å². The maximum Gasteiger partial charge on any atom is 0.248 e. The van der Waals surface area contributed by atoms with Crippen molar-refractivity contribution in [3.05, 3.63) is 29.8 Å². The van der Waals surface area contributed by atoms with Gasteiger partial charge >= 0.3 is 0 Å². The number of ether oxygens (including phenoxy) is 2. The van der Waals surface area contributed by atoms with E-state index in [0.717, 1.165) is 11.3 Å². The summed E-state index contributed by atoms with van der Waals surface area (Å²) in [7, 11) is 4.84. The number of nitrogens with zero attached hydrogens (tertiary/aromatic N) is 2. The van der Waals surface area contributed by atoms with Gasteiger partial charge in [0.2, 0.25) is 11.8 Å². The van der Waals surface area contributed by atoms with E-state index < -0.39 is 0 Å². The second-order valence-corrected chi connectivity index (χ2v) is 6.34. The molecule has 6 nitrogen and oxygen atoms in total. The molecule has 1 aromatic carbocycles. The maximum absolute atomic E-state index is 12.1. The summed E-state index contributed by atoms with van der Waals surface area (Å²) >= 11 is 1.60. The number of rotatable bonds is 7. The molecule has 1 atom stereocenters. The lowest BCUT2D eigenvalue weighted by molar-refractivity contribution is -0.135. The van der Waals surface area contributed by atoms with Crippen molar-refractivity contribution in [3.8, 4) is 5.75 Å². The third-order valence-corrected chi connectivity index (χ3v) is 4.99. The minimum atomic E-state index is -0.0900. The van der Waals surface area contributed by atoms with Gasteiger partial charge in [-0.25, -0.2) is 0 Å². The van der Waals surface area contributed by atoms with Crippen LogP contribution in [0.2, 0.25) is 0 Å². The molecule has 1 heterocycles. The standard InChI is InChI=1S/C16H22N2O4S/c1-17(14(19)10-21-2)8-9-18-15(20)11-23-16(18)12-4-6-13(22-3)7-5-12/h4-7,16H,8-11H2,1-3H3/t16-/m1/s1. The van der Waals surface area contributed by atoms with E-state index in [1.807, 2.05) is 29.2 Å². The first-order valence-corrected chi connectivity index (χ1v) is 8.39. The molecule has 126 valence electrons.